The first-order valence-electron chi connectivity index (χ1n) is 3.93. The molecular formula is C9H10N2O3. The van der Waals surface area contributed by atoms with E-state index in [9.17, 15) is 0 Å². The van der Waals surface area contributed by atoms with Crippen LogP contribution in [0.25, 0.3) is 0 Å². The van der Waals surface area contributed by atoms with Gasteiger partial charge in [0.25, 0.3) is 0 Å². The summed E-state index contributed by atoms with van der Waals surface area (Å²) in [5.74, 6) is 0.229. The number of benzene rings is 1. The zero-order valence-electron chi connectivity index (χ0n) is 7.37. The second-order valence-corrected chi connectivity index (χ2v) is 2.42. The minimum Gasteiger partial charge on any atom is -0.508 e. The molecule has 2 aromatic rings. The normalized spacial score (nSPS) is 8.93. The number of aromatic hydroxyl groups is 1. The molecule has 0 spiro atoms. The SMILES string of the molecule is OCc1ccc(O)cc1.c1cnon1. The quantitative estimate of drug-likeness (QED) is 0.706. The van der Waals surface area contributed by atoms with Crippen molar-refractivity contribution in [1.29, 1.82) is 0 Å². The van der Waals surface area contributed by atoms with E-state index in [1.54, 1.807) is 24.3 Å². The summed E-state index contributed by atoms with van der Waals surface area (Å²) in [6, 6.07) is 6.45. The van der Waals surface area contributed by atoms with Crippen LogP contribution in [0, 0.1) is 0 Å². The molecule has 0 bridgehead atoms. The molecule has 74 valence electrons. The zero-order chi connectivity index (χ0) is 10.2. The molecule has 5 heteroatoms. The summed E-state index contributed by atoms with van der Waals surface area (Å²) in [5.41, 5.74) is 0.813. The molecule has 1 heterocycles. The number of aliphatic hydroxyl groups excluding tert-OH is 1. The van der Waals surface area contributed by atoms with E-state index in [1.165, 1.54) is 12.4 Å². The highest BCUT2D eigenvalue weighted by Gasteiger charge is 1.87. The fourth-order valence-electron chi connectivity index (χ4n) is 0.737. The van der Waals surface area contributed by atoms with E-state index in [0.29, 0.717) is 0 Å². The Morgan fingerprint density at radius 2 is 1.64 bits per heavy atom. The molecule has 0 aliphatic heterocycles. The number of aliphatic hydroxyl groups is 1. The summed E-state index contributed by atoms with van der Waals surface area (Å²) < 4.78 is 4.08. The van der Waals surface area contributed by atoms with Gasteiger partial charge in [-0.25, -0.2) is 4.63 Å². The van der Waals surface area contributed by atoms with Crippen LogP contribution >= 0.6 is 0 Å². The Labute approximate surface area is 80.6 Å². The van der Waals surface area contributed by atoms with Crippen molar-refractivity contribution in [2.75, 3.05) is 0 Å². The number of aromatic nitrogens is 2. The second-order valence-electron chi connectivity index (χ2n) is 2.42. The lowest BCUT2D eigenvalue weighted by atomic mass is 10.2. The van der Waals surface area contributed by atoms with Gasteiger partial charge in [0.15, 0.2) is 0 Å². The summed E-state index contributed by atoms with van der Waals surface area (Å²) in [5, 5.41) is 23.8. The molecule has 0 amide bonds. The van der Waals surface area contributed by atoms with Crippen LogP contribution in [-0.4, -0.2) is 20.5 Å². The van der Waals surface area contributed by atoms with E-state index in [-0.39, 0.29) is 12.4 Å². The lowest BCUT2D eigenvalue weighted by Crippen LogP contribution is -1.78. The number of rotatable bonds is 1. The summed E-state index contributed by atoms with van der Waals surface area (Å²) in [6.45, 7) is 0.0281. The van der Waals surface area contributed by atoms with Gasteiger partial charge in [0.05, 0.1) is 19.0 Å². The van der Waals surface area contributed by atoms with Gasteiger partial charge in [0.1, 0.15) is 5.75 Å². The van der Waals surface area contributed by atoms with Crippen LogP contribution in [0.1, 0.15) is 5.56 Å². The first kappa shape index (κ1) is 10.2. The van der Waals surface area contributed by atoms with Gasteiger partial charge in [-0.1, -0.05) is 22.4 Å². The number of phenols is 1. The van der Waals surface area contributed by atoms with Gasteiger partial charge in [-0.15, -0.1) is 0 Å². The molecule has 5 nitrogen and oxygen atoms in total. The van der Waals surface area contributed by atoms with Crippen LogP contribution in [0.15, 0.2) is 41.3 Å². The smallest absolute Gasteiger partial charge is 0.115 e. The van der Waals surface area contributed by atoms with Gasteiger partial charge in [0, 0.05) is 0 Å². The minimum absolute atomic E-state index is 0.0281. The largest absolute Gasteiger partial charge is 0.508 e. The molecule has 0 aliphatic rings. The molecule has 0 radical (unpaired) electrons. The molecular weight excluding hydrogens is 184 g/mol. The van der Waals surface area contributed by atoms with Gasteiger partial charge in [-0.3, -0.25) is 0 Å². The first-order valence-corrected chi connectivity index (χ1v) is 3.93. The van der Waals surface area contributed by atoms with Crippen LogP contribution in [-0.2, 0) is 6.61 Å². The van der Waals surface area contributed by atoms with Crippen molar-refractivity contribution in [3.05, 3.63) is 42.2 Å². The third-order valence-electron chi connectivity index (χ3n) is 1.40. The van der Waals surface area contributed by atoms with Crippen LogP contribution in [0.5, 0.6) is 5.75 Å². The Morgan fingerprint density at radius 3 is 2.00 bits per heavy atom. The molecule has 14 heavy (non-hydrogen) atoms. The predicted molar refractivity (Wildman–Crippen MR) is 48.3 cm³/mol. The van der Waals surface area contributed by atoms with Gasteiger partial charge in [-0.2, -0.15) is 0 Å². The van der Waals surface area contributed by atoms with E-state index < -0.39 is 0 Å². The summed E-state index contributed by atoms with van der Waals surface area (Å²) in [4.78, 5) is 0. The number of hydrogen-bond donors (Lipinski definition) is 2. The summed E-state index contributed by atoms with van der Waals surface area (Å²) >= 11 is 0. The van der Waals surface area contributed by atoms with Gasteiger partial charge < -0.3 is 10.2 Å². The van der Waals surface area contributed by atoms with E-state index >= 15 is 0 Å². The zero-order valence-corrected chi connectivity index (χ0v) is 7.37. The topological polar surface area (TPSA) is 79.4 Å². The molecule has 0 saturated carbocycles. The molecule has 1 aromatic carbocycles. The average molecular weight is 194 g/mol. The van der Waals surface area contributed by atoms with Crippen LogP contribution in [0.4, 0.5) is 0 Å². The first-order chi connectivity index (χ1) is 6.83. The van der Waals surface area contributed by atoms with Crippen molar-refractivity contribution in [1.82, 2.24) is 10.3 Å². The van der Waals surface area contributed by atoms with Crippen molar-refractivity contribution < 1.29 is 14.8 Å². The Bertz CT molecular complexity index is 314. The van der Waals surface area contributed by atoms with Crippen molar-refractivity contribution in [3.8, 4) is 5.75 Å². The standard InChI is InChI=1S/C7H8O2.C2H2N2O/c8-5-6-1-3-7(9)4-2-6;1-2-4-5-3-1/h1-4,8-9H,5H2;1-2H. The molecule has 0 unspecified atom stereocenters. The molecule has 1 aromatic heterocycles. The Morgan fingerprint density at radius 1 is 1.07 bits per heavy atom. The van der Waals surface area contributed by atoms with Crippen LogP contribution < -0.4 is 0 Å². The van der Waals surface area contributed by atoms with Crippen LogP contribution in [0.3, 0.4) is 0 Å². The third kappa shape index (κ3) is 3.68. The number of phenolic OH excluding ortho intramolecular Hbond substituents is 1. The Hall–Kier alpha value is -1.88. The predicted octanol–water partition coefficient (Wildman–Crippen LogP) is 0.954. The highest BCUT2D eigenvalue weighted by molar-refractivity contribution is 5.25. The molecule has 0 saturated heterocycles. The van der Waals surface area contributed by atoms with Crippen molar-refractivity contribution in [2.45, 2.75) is 6.61 Å². The maximum absolute atomic E-state index is 8.77. The van der Waals surface area contributed by atoms with Crippen molar-refractivity contribution in [2.24, 2.45) is 0 Å². The van der Waals surface area contributed by atoms with E-state index in [2.05, 4.69) is 14.9 Å². The minimum atomic E-state index is 0.0281. The van der Waals surface area contributed by atoms with Gasteiger partial charge in [-0.05, 0) is 17.7 Å². The second kappa shape index (κ2) is 5.71. The number of hydrogen-bond acceptors (Lipinski definition) is 5. The maximum Gasteiger partial charge on any atom is 0.115 e. The van der Waals surface area contributed by atoms with Crippen molar-refractivity contribution in [3.63, 3.8) is 0 Å². The highest BCUT2D eigenvalue weighted by atomic mass is 16.6. The molecule has 0 aliphatic carbocycles. The Kier molecular flexibility index (Phi) is 4.16. The maximum atomic E-state index is 8.77. The lowest BCUT2D eigenvalue weighted by Gasteiger charge is -1.93. The molecule has 0 fully saturated rings. The van der Waals surface area contributed by atoms with E-state index in [1.807, 2.05) is 0 Å². The molecule has 0 atom stereocenters. The number of nitrogens with zero attached hydrogens (tertiary/aromatic N) is 2. The van der Waals surface area contributed by atoms with Gasteiger partial charge >= 0.3 is 0 Å². The highest BCUT2D eigenvalue weighted by Crippen LogP contribution is 2.08. The fourth-order valence-corrected chi connectivity index (χ4v) is 0.737. The molecule has 2 rings (SSSR count). The lowest BCUT2D eigenvalue weighted by molar-refractivity contribution is 0.281. The average Bonchev–Trinajstić information content (AvgIpc) is 2.77. The third-order valence-corrected chi connectivity index (χ3v) is 1.40. The van der Waals surface area contributed by atoms with E-state index in [4.69, 9.17) is 10.2 Å². The van der Waals surface area contributed by atoms with E-state index in [0.717, 1.165) is 5.56 Å². The molecule has 2 N–H and O–H groups in total. The summed E-state index contributed by atoms with van der Waals surface area (Å²) in [7, 11) is 0. The monoisotopic (exact) mass is 194 g/mol. The summed E-state index contributed by atoms with van der Waals surface area (Å²) in [6.07, 6.45) is 2.94. The fraction of sp³-hybridized carbons (Fsp3) is 0.111. The van der Waals surface area contributed by atoms with Gasteiger partial charge in [0.2, 0.25) is 0 Å². The Balaban J connectivity index is 0.000000165. The van der Waals surface area contributed by atoms with Crippen molar-refractivity contribution >= 4 is 0 Å². The van der Waals surface area contributed by atoms with Crippen LogP contribution in [0.2, 0.25) is 0 Å².